The van der Waals surface area contributed by atoms with Gasteiger partial charge in [-0.25, -0.2) is 4.98 Å². The zero-order chi connectivity index (χ0) is 6.81. The van der Waals surface area contributed by atoms with E-state index in [0.29, 0.717) is 5.92 Å². The molecule has 3 nitrogen and oxygen atoms in total. The average Bonchev–Trinajstić information content (AvgIpc) is 2.59. The molecule has 0 aliphatic carbocycles. The summed E-state index contributed by atoms with van der Waals surface area (Å²) in [6.07, 6.45) is 4.90. The molecule has 1 aliphatic heterocycles. The number of H-pyrrole nitrogens is 1. The molecule has 1 saturated heterocycles. The van der Waals surface area contributed by atoms with Crippen molar-refractivity contribution in [2.45, 2.75) is 12.3 Å². The van der Waals surface area contributed by atoms with Crippen molar-refractivity contribution >= 4 is 0 Å². The molecule has 0 bridgehead atoms. The van der Waals surface area contributed by atoms with E-state index in [1.165, 1.54) is 12.1 Å². The molecule has 2 N–H and O–H groups in total. The smallest absolute Gasteiger partial charge is 0.0921 e. The largest absolute Gasteiger partial charge is 0.348 e. The van der Waals surface area contributed by atoms with Crippen molar-refractivity contribution in [1.29, 1.82) is 0 Å². The molecular formula is C7H11N3. The first-order valence-corrected chi connectivity index (χ1v) is 3.66. The third-order valence-corrected chi connectivity index (χ3v) is 2.02. The van der Waals surface area contributed by atoms with E-state index in [0.717, 1.165) is 13.1 Å². The van der Waals surface area contributed by atoms with Gasteiger partial charge in [0.05, 0.1) is 6.33 Å². The van der Waals surface area contributed by atoms with Gasteiger partial charge in [0, 0.05) is 24.4 Å². The Labute approximate surface area is 59.9 Å². The molecular weight excluding hydrogens is 126 g/mol. The normalized spacial score (nSPS) is 25.4. The number of nitrogens with one attached hydrogen (secondary N) is 2. The summed E-state index contributed by atoms with van der Waals surface area (Å²) in [6, 6.07) is 0. The van der Waals surface area contributed by atoms with Crippen molar-refractivity contribution in [2.75, 3.05) is 13.1 Å². The van der Waals surface area contributed by atoms with Crippen LogP contribution < -0.4 is 5.32 Å². The van der Waals surface area contributed by atoms with Gasteiger partial charge in [-0.3, -0.25) is 0 Å². The summed E-state index contributed by atoms with van der Waals surface area (Å²) in [5.41, 5.74) is 1.27. The van der Waals surface area contributed by atoms with Crippen LogP contribution >= 0.6 is 0 Å². The molecule has 0 aromatic carbocycles. The quantitative estimate of drug-likeness (QED) is 0.591. The predicted octanol–water partition coefficient (Wildman–Crippen LogP) is 0.487. The van der Waals surface area contributed by atoms with Crippen molar-refractivity contribution in [3.63, 3.8) is 0 Å². The highest BCUT2D eigenvalue weighted by molar-refractivity contribution is 5.06. The Kier molecular flexibility index (Phi) is 1.43. The van der Waals surface area contributed by atoms with Gasteiger partial charge < -0.3 is 10.3 Å². The zero-order valence-electron chi connectivity index (χ0n) is 5.80. The zero-order valence-corrected chi connectivity index (χ0v) is 5.80. The van der Waals surface area contributed by atoms with E-state index in [9.17, 15) is 0 Å². The van der Waals surface area contributed by atoms with E-state index in [2.05, 4.69) is 15.3 Å². The SMILES string of the molecule is c1ncc([C@@H]2CCNC2)[nH]1. The minimum absolute atomic E-state index is 0.669. The van der Waals surface area contributed by atoms with Crippen LogP contribution in [0, 0.1) is 0 Å². The summed E-state index contributed by atoms with van der Waals surface area (Å²) in [4.78, 5) is 7.11. The van der Waals surface area contributed by atoms with E-state index in [1.807, 2.05) is 6.20 Å². The van der Waals surface area contributed by atoms with Gasteiger partial charge in [0.2, 0.25) is 0 Å². The van der Waals surface area contributed by atoms with Gasteiger partial charge in [-0.15, -0.1) is 0 Å². The summed E-state index contributed by atoms with van der Waals surface area (Å²) in [7, 11) is 0. The molecule has 1 aliphatic rings. The molecule has 1 atom stereocenters. The maximum absolute atomic E-state index is 3.98. The van der Waals surface area contributed by atoms with E-state index in [1.54, 1.807) is 6.33 Å². The lowest BCUT2D eigenvalue weighted by Gasteiger charge is -2.02. The fourth-order valence-electron chi connectivity index (χ4n) is 1.41. The lowest BCUT2D eigenvalue weighted by Crippen LogP contribution is -2.07. The van der Waals surface area contributed by atoms with Crippen LogP contribution in [-0.4, -0.2) is 23.1 Å². The molecule has 1 aromatic heterocycles. The summed E-state index contributed by atoms with van der Waals surface area (Å²) >= 11 is 0. The third-order valence-electron chi connectivity index (χ3n) is 2.02. The number of aromatic nitrogens is 2. The van der Waals surface area contributed by atoms with Gasteiger partial charge >= 0.3 is 0 Å². The number of hydrogen-bond donors (Lipinski definition) is 2. The van der Waals surface area contributed by atoms with E-state index < -0.39 is 0 Å². The number of aromatic amines is 1. The summed E-state index contributed by atoms with van der Waals surface area (Å²) in [5, 5.41) is 3.31. The molecule has 54 valence electrons. The molecule has 0 saturated carbocycles. The van der Waals surface area contributed by atoms with Crippen LogP contribution in [0.3, 0.4) is 0 Å². The molecule has 0 radical (unpaired) electrons. The van der Waals surface area contributed by atoms with Crippen LogP contribution in [-0.2, 0) is 0 Å². The van der Waals surface area contributed by atoms with Crippen LogP contribution in [0.4, 0.5) is 0 Å². The van der Waals surface area contributed by atoms with Crippen LogP contribution in [0.2, 0.25) is 0 Å². The Morgan fingerprint density at radius 2 is 2.60 bits per heavy atom. The van der Waals surface area contributed by atoms with Gasteiger partial charge in [0.15, 0.2) is 0 Å². The molecule has 2 heterocycles. The standard InChI is InChI=1S/C7H11N3/c1-2-8-3-6(1)7-4-9-5-10-7/h4-6,8H,1-3H2,(H,9,10)/t6-/m1/s1. The van der Waals surface area contributed by atoms with Crippen LogP contribution in [0.25, 0.3) is 0 Å². The molecule has 0 spiro atoms. The minimum atomic E-state index is 0.669. The first-order chi connectivity index (χ1) is 4.97. The molecule has 10 heavy (non-hydrogen) atoms. The Morgan fingerprint density at radius 1 is 1.60 bits per heavy atom. The Bertz CT molecular complexity index is 187. The number of imidazole rings is 1. The van der Waals surface area contributed by atoms with E-state index in [4.69, 9.17) is 0 Å². The molecule has 1 fully saturated rings. The Balaban J connectivity index is 2.12. The van der Waals surface area contributed by atoms with Crippen LogP contribution in [0.5, 0.6) is 0 Å². The third kappa shape index (κ3) is 0.926. The first-order valence-electron chi connectivity index (χ1n) is 3.66. The minimum Gasteiger partial charge on any atom is -0.348 e. The fraction of sp³-hybridized carbons (Fsp3) is 0.571. The molecule has 1 aromatic rings. The molecule has 0 amide bonds. The van der Waals surface area contributed by atoms with Gasteiger partial charge in [0.25, 0.3) is 0 Å². The maximum atomic E-state index is 3.98. The van der Waals surface area contributed by atoms with E-state index >= 15 is 0 Å². The highest BCUT2D eigenvalue weighted by atomic mass is 14.9. The lowest BCUT2D eigenvalue weighted by atomic mass is 10.1. The monoisotopic (exact) mass is 137 g/mol. The van der Waals surface area contributed by atoms with Crippen molar-refractivity contribution in [1.82, 2.24) is 15.3 Å². The van der Waals surface area contributed by atoms with Gasteiger partial charge in [-0.1, -0.05) is 0 Å². The summed E-state index contributed by atoms with van der Waals surface area (Å²) in [6.45, 7) is 2.24. The summed E-state index contributed by atoms with van der Waals surface area (Å²) < 4.78 is 0. The molecule has 3 heteroatoms. The Morgan fingerprint density at radius 3 is 3.20 bits per heavy atom. The first kappa shape index (κ1) is 5.92. The topological polar surface area (TPSA) is 40.7 Å². The maximum Gasteiger partial charge on any atom is 0.0921 e. The fourth-order valence-corrected chi connectivity index (χ4v) is 1.41. The van der Waals surface area contributed by atoms with Crippen molar-refractivity contribution < 1.29 is 0 Å². The molecule has 0 unspecified atom stereocenters. The number of nitrogens with zero attached hydrogens (tertiary/aromatic N) is 1. The van der Waals surface area contributed by atoms with Gasteiger partial charge in [-0.2, -0.15) is 0 Å². The van der Waals surface area contributed by atoms with Gasteiger partial charge in [0.1, 0.15) is 0 Å². The van der Waals surface area contributed by atoms with Crippen molar-refractivity contribution in [2.24, 2.45) is 0 Å². The lowest BCUT2D eigenvalue weighted by molar-refractivity contribution is 0.741. The predicted molar refractivity (Wildman–Crippen MR) is 38.8 cm³/mol. The van der Waals surface area contributed by atoms with Crippen molar-refractivity contribution in [3.05, 3.63) is 18.2 Å². The number of rotatable bonds is 1. The highest BCUT2D eigenvalue weighted by Crippen LogP contribution is 2.18. The second-order valence-corrected chi connectivity index (χ2v) is 2.70. The Hall–Kier alpha value is -0.830. The number of hydrogen-bond acceptors (Lipinski definition) is 2. The van der Waals surface area contributed by atoms with Crippen LogP contribution in [0.15, 0.2) is 12.5 Å². The highest BCUT2D eigenvalue weighted by Gasteiger charge is 2.16. The second kappa shape index (κ2) is 2.42. The average molecular weight is 137 g/mol. The molecule has 2 rings (SSSR count). The van der Waals surface area contributed by atoms with E-state index in [-0.39, 0.29) is 0 Å². The summed E-state index contributed by atoms with van der Waals surface area (Å²) in [5.74, 6) is 0.669. The van der Waals surface area contributed by atoms with Crippen LogP contribution in [0.1, 0.15) is 18.0 Å². The van der Waals surface area contributed by atoms with Crippen molar-refractivity contribution in [3.8, 4) is 0 Å². The second-order valence-electron chi connectivity index (χ2n) is 2.70. The van der Waals surface area contributed by atoms with Gasteiger partial charge in [-0.05, 0) is 13.0 Å².